The van der Waals surface area contributed by atoms with Crippen molar-refractivity contribution in [2.75, 3.05) is 0 Å². The SMILES string of the molecule is Cc1ccccc1-n1c(=O)c2sccc2n(Cc2cccc(F)c2)c1=O. The van der Waals surface area contributed by atoms with Gasteiger partial charge in [0.1, 0.15) is 10.5 Å². The Hall–Kier alpha value is -2.99. The number of hydrogen-bond acceptors (Lipinski definition) is 3. The van der Waals surface area contributed by atoms with Crippen LogP contribution in [-0.4, -0.2) is 9.13 Å². The summed E-state index contributed by atoms with van der Waals surface area (Å²) in [4.78, 5) is 26.1. The van der Waals surface area contributed by atoms with Gasteiger partial charge in [0.15, 0.2) is 0 Å². The Labute approximate surface area is 152 Å². The Kier molecular flexibility index (Phi) is 4.05. The molecule has 0 aliphatic heterocycles. The number of aromatic nitrogens is 2. The highest BCUT2D eigenvalue weighted by molar-refractivity contribution is 7.17. The van der Waals surface area contributed by atoms with E-state index in [1.54, 1.807) is 35.7 Å². The number of rotatable bonds is 3. The summed E-state index contributed by atoms with van der Waals surface area (Å²) in [6.45, 7) is 2.05. The Morgan fingerprint density at radius 2 is 1.85 bits per heavy atom. The second-order valence-electron chi connectivity index (χ2n) is 6.06. The first-order valence-electron chi connectivity index (χ1n) is 8.10. The van der Waals surface area contributed by atoms with Crippen molar-refractivity contribution in [2.24, 2.45) is 0 Å². The van der Waals surface area contributed by atoms with Crippen LogP contribution >= 0.6 is 11.3 Å². The van der Waals surface area contributed by atoms with Gasteiger partial charge in [-0.15, -0.1) is 11.3 Å². The largest absolute Gasteiger partial charge is 0.336 e. The van der Waals surface area contributed by atoms with Crippen molar-refractivity contribution in [3.63, 3.8) is 0 Å². The molecule has 0 saturated carbocycles. The van der Waals surface area contributed by atoms with E-state index in [2.05, 4.69) is 0 Å². The van der Waals surface area contributed by atoms with Crippen molar-refractivity contribution < 1.29 is 4.39 Å². The monoisotopic (exact) mass is 366 g/mol. The quantitative estimate of drug-likeness (QED) is 0.555. The molecule has 0 aliphatic carbocycles. The maximum Gasteiger partial charge on any atom is 0.336 e. The standard InChI is InChI=1S/C20H15FN2O2S/c1-13-5-2-3-8-16(13)23-19(24)18-17(9-10-26-18)22(20(23)25)12-14-6-4-7-15(21)11-14/h2-11H,12H2,1H3. The molecule has 0 bridgehead atoms. The average molecular weight is 366 g/mol. The van der Waals surface area contributed by atoms with Crippen molar-refractivity contribution in [3.8, 4) is 5.69 Å². The number of para-hydroxylation sites is 1. The van der Waals surface area contributed by atoms with Crippen LogP contribution in [0.1, 0.15) is 11.1 Å². The Morgan fingerprint density at radius 3 is 2.62 bits per heavy atom. The van der Waals surface area contributed by atoms with Crippen LogP contribution in [-0.2, 0) is 6.54 Å². The molecule has 0 atom stereocenters. The number of nitrogens with zero attached hydrogens (tertiary/aromatic N) is 2. The van der Waals surface area contributed by atoms with E-state index >= 15 is 0 Å². The first-order chi connectivity index (χ1) is 12.6. The number of thiophene rings is 1. The van der Waals surface area contributed by atoms with Crippen LogP contribution in [0.4, 0.5) is 4.39 Å². The molecular weight excluding hydrogens is 351 g/mol. The zero-order valence-corrected chi connectivity index (χ0v) is 14.8. The summed E-state index contributed by atoms with van der Waals surface area (Å²) >= 11 is 1.30. The van der Waals surface area contributed by atoms with E-state index in [1.165, 1.54) is 32.6 Å². The number of hydrogen-bond donors (Lipinski definition) is 0. The molecule has 0 radical (unpaired) electrons. The molecule has 0 unspecified atom stereocenters. The molecule has 2 aromatic heterocycles. The zero-order valence-electron chi connectivity index (χ0n) is 14.0. The number of halogens is 1. The van der Waals surface area contributed by atoms with Gasteiger partial charge in [0.05, 0.1) is 17.7 Å². The molecule has 0 saturated heterocycles. The lowest BCUT2D eigenvalue weighted by atomic mass is 10.2. The summed E-state index contributed by atoms with van der Waals surface area (Å²) in [5.74, 6) is -0.357. The second kappa shape index (κ2) is 6.38. The third kappa shape index (κ3) is 2.68. The molecule has 2 aromatic carbocycles. The van der Waals surface area contributed by atoms with Gasteiger partial charge in [0, 0.05) is 0 Å². The normalized spacial score (nSPS) is 11.2. The number of aryl methyl sites for hydroxylation is 1. The molecule has 130 valence electrons. The summed E-state index contributed by atoms with van der Waals surface area (Å²) in [5.41, 5.74) is 1.86. The van der Waals surface area contributed by atoms with Crippen molar-refractivity contribution in [1.29, 1.82) is 0 Å². The van der Waals surface area contributed by atoms with Crippen molar-refractivity contribution >= 4 is 21.6 Å². The number of fused-ring (bicyclic) bond motifs is 1. The maximum absolute atomic E-state index is 13.5. The van der Waals surface area contributed by atoms with Gasteiger partial charge in [-0.3, -0.25) is 9.36 Å². The van der Waals surface area contributed by atoms with Crippen LogP contribution in [0.5, 0.6) is 0 Å². The van der Waals surface area contributed by atoms with Crippen LogP contribution in [0.25, 0.3) is 15.9 Å². The topological polar surface area (TPSA) is 44.0 Å². The maximum atomic E-state index is 13.5. The molecule has 0 spiro atoms. The third-order valence-electron chi connectivity index (χ3n) is 4.34. The summed E-state index contributed by atoms with van der Waals surface area (Å²) < 4.78 is 16.8. The smallest absolute Gasteiger partial charge is 0.288 e. The molecule has 0 N–H and O–H groups in total. The minimum atomic E-state index is -0.431. The molecule has 4 nitrogen and oxygen atoms in total. The van der Waals surface area contributed by atoms with E-state index in [0.29, 0.717) is 21.5 Å². The molecule has 0 amide bonds. The van der Waals surface area contributed by atoms with E-state index in [9.17, 15) is 14.0 Å². The van der Waals surface area contributed by atoms with Crippen molar-refractivity contribution in [3.05, 3.63) is 97.8 Å². The lowest BCUT2D eigenvalue weighted by molar-refractivity contribution is 0.622. The fourth-order valence-electron chi connectivity index (χ4n) is 3.08. The van der Waals surface area contributed by atoms with Gasteiger partial charge >= 0.3 is 5.69 Å². The summed E-state index contributed by atoms with van der Waals surface area (Å²) in [5, 5.41) is 1.79. The summed E-state index contributed by atoms with van der Waals surface area (Å²) in [7, 11) is 0. The van der Waals surface area contributed by atoms with Gasteiger partial charge in [-0.05, 0) is 47.7 Å². The summed E-state index contributed by atoms with van der Waals surface area (Å²) in [6, 6.07) is 15.1. The van der Waals surface area contributed by atoms with Crippen LogP contribution in [0.3, 0.4) is 0 Å². The van der Waals surface area contributed by atoms with Gasteiger partial charge in [-0.25, -0.2) is 13.8 Å². The number of benzene rings is 2. The van der Waals surface area contributed by atoms with Gasteiger partial charge in [-0.1, -0.05) is 30.3 Å². The third-order valence-corrected chi connectivity index (χ3v) is 5.23. The first-order valence-corrected chi connectivity index (χ1v) is 8.98. The lowest BCUT2D eigenvalue weighted by Crippen LogP contribution is -2.39. The predicted octanol–water partition coefficient (Wildman–Crippen LogP) is 3.71. The highest BCUT2D eigenvalue weighted by Gasteiger charge is 2.16. The Balaban J connectivity index is 2.02. The van der Waals surface area contributed by atoms with Crippen LogP contribution < -0.4 is 11.2 Å². The predicted molar refractivity (Wildman–Crippen MR) is 102 cm³/mol. The van der Waals surface area contributed by atoms with Gasteiger partial charge < -0.3 is 0 Å². The second-order valence-corrected chi connectivity index (χ2v) is 6.98. The van der Waals surface area contributed by atoms with Crippen LogP contribution in [0, 0.1) is 12.7 Å². The van der Waals surface area contributed by atoms with E-state index in [1.807, 2.05) is 19.1 Å². The van der Waals surface area contributed by atoms with Crippen LogP contribution in [0.2, 0.25) is 0 Å². The molecular formula is C20H15FN2O2S. The molecule has 4 rings (SSSR count). The van der Waals surface area contributed by atoms with E-state index in [4.69, 9.17) is 0 Å². The highest BCUT2D eigenvalue weighted by Crippen LogP contribution is 2.18. The van der Waals surface area contributed by atoms with E-state index in [-0.39, 0.29) is 17.9 Å². The van der Waals surface area contributed by atoms with Crippen LogP contribution in [0.15, 0.2) is 69.6 Å². The molecule has 0 aliphatic rings. The summed E-state index contributed by atoms with van der Waals surface area (Å²) in [6.07, 6.45) is 0. The lowest BCUT2D eigenvalue weighted by Gasteiger charge is -2.14. The van der Waals surface area contributed by atoms with Gasteiger partial charge in [0.2, 0.25) is 0 Å². The van der Waals surface area contributed by atoms with Gasteiger partial charge in [0.25, 0.3) is 5.56 Å². The zero-order chi connectivity index (χ0) is 18.3. The molecule has 0 fully saturated rings. The average Bonchev–Trinajstić information content (AvgIpc) is 3.10. The van der Waals surface area contributed by atoms with Crippen molar-refractivity contribution in [2.45, 2.75) is 13.5 Å². The highest BCUT2D eigenvalue weighted by atomic mass is 32.1. The Bertz CT molecular complexity index is 1240. The fourth-order valence-corrected chi connectivity index (χ4v) is 3.91. The van der Waals surface area contributed by atoms with E-state index in [0.717, 1.165) is 5.56 Å². The Morgan fingerprint density at radius 1 is 1.04 bits per heavy atom. The first kappa shape index (κ1) is 16.5. The molecule has 26 heavy (non-hydrogen) atoms. The van der Waals surface area contributed by atoms with E-state index < -0.39 is 5.69 Å². The van der Waals surface area contributed by atoms with Gasteiger partial charge in [-0.2, -0.15) is 0 Å². The molecule has 6 heteroatoms. The molecule has 2 heterocycles. The van der Waals surface area contributed by atoms with Crippen molar-refractivity contribution in [1.82, 2.24) is 9.13 Å². The minimum absolute atomic E-state index is 0.190. The fraction of sp³-hybridized carbons (Fsp3) is 0.100. The minimum Gasteiger partial charge on any atom is -0.288 e. The molecule has 4 aromatic rings.